The lowest BCUT2D eigenvalue weighted by atomic mass is 10.00. The molecule has 2 aromatic rings. The Balaban J connectivity index is 1.49. The Hall–Kier alpha value is -2.70. The lowest BCUT2D eigenvalue weighted by Gasteiger charge is -2.31. The molecule has 2 atom stereocenters. The molecular formula is C21H22ClN3O3. The molecule has 2 unspecified atom stereocenters. The van der Waals surface area contributed by atoms with E-state index in [1.165, 1.54) is 0 Å². The maximum atomic E-state index is 13.0. The van der Waals surface area contributed by atoms with Gasteiger partial charge in [-0.25, -0.2) is 5.43 Å². The molecule has 0 radical (unpaired) electrons. The van der Waals surface area contributed by atoms with Crippen LogP contribution in [0.2, 0.25) is 5.02 Å². The Labute approximate surface area is 169 Å². The molecular weight excluding hydrogens is 378 g/mol. The van der Waals surface area contributed by atoms with E-state index < -0.39 is 0 Å². The number of benzene rings is 2. The van der Waals surface area contributed by atoms with E-state index >= 15 is 0 Å². The molecule has 1 saturated heterocycles. The quantitative estimate of drug-likeness (QED) is 0.834. The van der Waals surface area contributed by atoms with Gasteiger partial charge in [0.05, 0.1) is 26.8 Å². The average Bonchev–Trinajstić information content (AvgIpc) is 3.15. The van der Waals surface area contributed by atoms with Crippen LogP contribution >= 0.6 is 11.6 Å². The van der Waals surface area contributed by atoms with Gasteiger partial charge in [0.15, 0.2) is 11.5 Å². The summed E-state index contributed by atoms with van der Waals surface area (Å²) in [6.45, 7) is 0.501. The molecule has 4 rings (SSSR count). The fourth-order valence-corrected chi connectivity index (χ4v) is 3.90. The highest BCUT2D eigenvalue weighted by Crippen LogP contribution is 2.35. The Morgan fingerprint density at radius 3 is 2.68 bits per heavy atom. The van der Waals surface area contributed by atoms with Crippen LogP contribution in [0, 0.1) is 0 Å². The van der Waals surface area contributed by atoms with E-state index in [4.69, 9.17) is 21.1 Å². The maximum absolute atomic E-state index is 13.0. The number of carbonyl (C=O) groups excluding carboxylic acids is 1. The number of halogens is 1. The van der Waals surface area contributed by atoms with Crippen LogP contribution in [-0.4, -0.2) is 36.1 Å². The fourth-order valence-electron chi connectivity index (χ4n) is 3.69. The third kappa shape index (κ3) is 3.53. The zero-order chi connectivity index (χ0) is 19.7. The largest absolute Gasteiger partial charge is 0.493 e. The number of nitrogens with one attached hydrogen (secondary N) is 1. The number of carbonyl (C=O) groups is 1. The summed E-state index contributed by atoms with van der Waals surface area (Å²) in [5.74, 6) is 1.43. The zero-order valence-electron chi connectivity index (χ0n) is 15.8. The van der Waals surface area contributed by atoms with E-state index in [0.29, 0.717) is 29.5 Å². The summed E-state index contributed by atoms with van der Waals surface area (Å²) in [7, 11) is 3.23. The molecule has 0 aliphatic carbocycles. The summed E-state index contributed by atoms with van der Waals surface area (Å²) in [6, 6.07) is 13.2. The van der Waals surface area contributed by atoms with Crippen molar-refractivity contribution in [2.45, 2.75) is 25.0 Å². The van der Waals surface area contributed by atoms with Gasteiger partial charge in [-0.1, -0.05) is 29.8 Å². The number of fused-ring (bicyclic) bond motifs is 1. The van der Waals surface area contributed by atoms with E-state index in [-0.39, 0.29) is 18.0 Å². The second kappa shape index (κ2) is 7.73. The number of methoxy groups -OCH3 is 2. The highest BCUT2D eigenvalue weighted by atomic mass is 35.5. The van der Waals surface area contributed by atoms with Crippen molar-refractivity contribution in [1.29, 1.82) is 0 Å². The number of hydrazine groups is 1. The molecule has 0 aromatic heterocycles. The number of hydrogen-bond acceptors (Lipinski definition) is 5. The van der Waals surface area contributed by atoms with Gasteiger partial charge in [-0.05, 0) is 41.8 Å². The molecule has 2 aliphatic rings. The number of hydrogen-bond donors (Lipinski definition) is 1. The first-order valence-corrected chi connectivity index (χ1v) is 9.46. The highest BCUT2D eigenvalue weighted by molar-refractivity contribution is 6.30. The first-order valence-electron chi connectivity index (χ1n) is 9.08. The zero-order valence-corrected chi connectivity index (χ0v) is 16.5. The third-order valence-corrected chi connectivity index (χ3v) is 5.36. The minimum atomic E-state index is -0.248. The van der Waals surface area contributed by atoms with Crippen molar-refractivity contribution in [1.82, 2.24) is 15.3 Å². The monoisotopic (exact) mass is 399 g/mol. The number of amides is 1. The summed E-state index contributed by atoms with van der Waals surface area (Å²) in [4.78, 5) is 14.8. The van der Waals surface area contributed by atoms with E-state index in [1.54, 1.807) is 19.1 Å². The van der Waals surface area contributed by atoms with Crippen LogP contribution in [0.1, 0.15) is 23.6 Å². The summed E-state index contributed by atoms with van der Waals surface area (Å²) in [5.41, 5.74) is 5.46. The van der Waals surface area contributed by atoms with Crippen molar-refractivity contribution in [2.75, 3.05) is 14.2 Å². The van der Waals surface area contributed by atoms with Crippen molar-refractivity contribution in [3.05, 3.63) is 71.0 Å². The molecule has 146 valence electrons. The molecule has 2 heterocycles. The predicted molar refractivity (Wildman–Crippen MR) is 107 cm³/mol. The van der Waals surface area contributed by atoms with E-state index in [0.717, 1.165) is 11.1 Å². The van der Waals surface area contributed by atoms with Crippen LogP contribution in [0.5, 0.6) is 11.5 Å². The summed E-state index contributed by atoms with van der Waals surface area (Å²) >= 11 is 6.06. The normalized spacial score (nSPS) is 21.0. The molecule has 7 heteroatoms. The van der Waals surface area contributed by atoms with Gasteiger partial charge in [0.1, 0.15) is 6.04 Å². The highest BCUT2D eigenvalue weighted by Gasteiger charge is 2.40. The van der Waals surface area contributed by atoms with Crippen LogP contribution in [0.15, 0.2) is 54.9 Å². The number of nitrogens with zero attached hydrogens (tertiary/aromatic N) is 2. The van der Waals surface area contributed by atoms with Crippen LogP contribution in [-0.2, 0) is 11.3 Å². The van der Waals surface area contributed by atoms with Gasteiger partial charge in [0.2, 0.25) is 0 Å². The second-order valence-electron chi connectivity index (χ2n) is 6.85. The van der Waals surface area contributed by atoms with Crippen LogP contribution < -0.4 is 14.9 Å². The Bertz CT molecular complexity index is 918. The molecule has 0 bridgehead atoms. The maximum Gasteiger partial charge on any atom is 0.251 e. The lowest BCUT2D eigenvalue weighted by molar-refractivity contribution is -0.134. The van der Waals surface area contributed by atoms with Crippen LogP contribution in [0.4, 0.5) is 0 Å². The topological polar surface area (TPSA) is 54.0 Å². The van der Waals surface area contributed by atoms with Gasteiger partial charge >= 0.3 is 0 Å². The second-order valence-corrected chi connectivity index (χ2v) is 7.29. The average molecular weight is 400 g/mol. The molecule has 28 heavy (non-hydrogen) atoms. The molecule has 2 aliphatic heterocycles. The first-order chi connectivity index (χ1) is 13.6. The predicted octanol–water partition coefficient (Wildman–Crippen LogP) is 3.49. The van der Waals surface area contributed by atoms with Crippen molar-refractivity contribution >= 4 is 17.5 Å². The minimum Gasteiger partial charge on any atom is -0.493 e. The van der Waals surface area contributed by atoms with Crippen LogP contribution in [0.25, 0.3) is 0 Å². The molecule has 1 amide bonds. The standard InChI is InChI=1S/C21H22ClN3O3/c1-27-19-7-6-15(11-20(19)28-2)17-12-18-21(26)24(8-9-25(18)23-17)13-14-4-3-5-16(22)10-14/h3-11,17-18,23H,12-13H2,1-2H3. The number of ether oxygens (including phenoxy) is 2. The minimum absolute atomic E-state index is 0.0181. The van der Waals surface area contributed by atoms with E-state index in [9.17, 15) is 4.79 Å². The number of rotatable bonds is 5. The molecule has 0 spiro atoms. The van der Waals surface area contributed by atoms with Gasteiger partial charge < -0.3 is 19.4 Å². The molecule has 0 saturated carbocycles. The third-order valence-electron chi connectivity index (χ3n) is 5.13. The van der Waals surface area contributed by atoms with Gasteiger partial charge in [-0.15, -0.1) is 0 Å². The summed E-state index contributed by atoms with van der Waals surface area (Å²) in [6.07, 6.45) is 4.39. The smallest absolute Gasteiger partial charge is 0.251 e. The van der Waals surface area contributed by atoms with Gasteiger partial charge in [-0.2, -0.15) is 0 Å². The van der Waals surface area contributed by atoms with Gasteiger partial charge in [-0.3, -0.25) is 4.79 Å². The van der Waals surface area contributed by atoms with Crippen LogP contribution in [0.3, 0.4) is 0 Å². The fraction of sp³-hybridized carbons (Fsp3) is 0.286. The van der Waals surface area contributed by atoms with Crippen molar-refractivity contribution in [2.24, 2.45) is 0 Å². The summed E-state index contributed by atoms with van der Waals surface area (Å²) in [5, 5.41) is 2.56. The Kier molecular flexibility index (Phi) is 5.15. The summed E-state index contributed by atoms with van der Waals surface area (Å²) < 4.78 is 10.7. The molecule has 2 aromatic carbocycles. The van der Waals surface area contributed by atoms with Gasteiger partial charge in [0, 0.05) is 17.4 Å². The molecule has 1 N–H and O–H groups in total. The Morgan fingerprint density at radius 1 is 1.11 bits per heavy atom. The molecule has 6 nitrogen and oxygen atoms in total. The van der Waals surface area contributed by atoms with E-state index in [2.05, 4.69) is 5.43 Å². The van der Waals surface area contributed by atoms with Crippen molar-refractivity contribution in [3.63, 3.8) is 0 Å². The van der Waals surface area contributed by atoms with E-state index in [1.807, 2.05) is 59.9 Å². The van der Waals surface area contributed by atoms with Crippen molar-refractivity contribution < 1.29 is 14.3 Å². The van der Waals surface area contributed by atoms with Crippen molar-refractivity contribution in [3.8, 4) is 11.5 Å². The SMILES string of the molecule is COc1ccc(C2CC3C(=O)N(Cc4cccc(Cl)c4)C=CN3N2)cc1OC. The molecule has 1 fully saturated rings. The Morgan fingerprint density at radius 2 is 1.93 bits per heavy atom. The first kappa shape index (κ1) is 18.7. The van der Waals surface area contributed by atoms with Gasteiger partial charge in [0.25, 0.3) is 5.91 Å². The lowest BCUT2D eigenvalue weighted by Crippen LogP contribution is -2.47.